The van der Waals surface area contributed by atoms with Crippen LogP contribution >= 0.6 is 0 Å². The first kappa shape index (κ1) is 22.2. The molecule has 0 unspecified atom stereocenters. The maximum Gasteiger partial charge on any atom is 0.417 e. The molecule has 3 heterocycles. The summed E-state index contributed by atoms with van der Waals surface area (Å²) < 4.78 is 61.2. The molecule has 8 nitrogen and oxygen atoms in total. The van der Waals surface area contributed by atoms with Crippen LogP contribution in [-0.2, 0) is 11.7 Å². The van der Waals surface area contributed by atoms with E-state index < -0.39 is 40.4 Å². The summed E-state index contributed by atoms with van der Waals surface area (Å²) in [6.45, 7) is 3.70. The van der Waals surface area contributed by atoms with Gasteiger partial charge in [0.25, 0.3) is 0 Å². The molecule has 2 bridgehead atoms. The van der Waals surface area contributed by atoms with Gasteiger partial charge >= 0.3 is 12.2 Å². The van der Waals surface area contributed by atoms with Crippen molar-refractivity contribution in [3.63, 3.8) is 0 Å². The van der Waals surface area contributed by atoms with E-state index in [-0.39, 0.29) is 11.7 Å². The smallest absolute Gasteiger partial charge is 0.417 e. The lowest BCUT2D eigenvalue weighted by Gasteiger charge is -2.61. The lowest BCUT2D eigenvalue weighted by Crippen LogP contribution is -2.70. The van der Waals surface area contributed by atoms with Crippen molar-refractivity contribution in [3.05, 3.63) is 53.6 Å². The summed E-state index contributed by atoms with van der Waals surface area (Å²) in [5.74, 6) is -0.263. The predicted molar refractivity (Wildman–Crippen MR) is 111 cm³/mol. The molecule has 5 rings (SSSR count). The standard InChI is InChI=1S/C22H20F4N6O2/c1-11-6-13-10-21(9-11,19-31-29-12(2)34-19)32(13)20(33)28-18-7-14(17-4-3-5-27-30-17)15(8-16(18)23)22(24,25)26/h3-5,7-8,11,13H,6,9-10H2,1-2H3,(H,28,33)/t11-,13-,21+/m1/s1. The second kappa shape index (κ2) is 7.74. The van der Waals surface area contributed by atoms with Crippen LogP contribution in [0.1, 0.15) is 43.5 Å². The maximum absolute atomic E-state index is 14.8. The fraction of sp³-hybridized carbons (Fsp3) is 0.409. The van der Waals surface area contributed by atoms with E-state index in [1.165, 1.54) is 18.3 Å². The van der Waals surface area contributed by atoms with Crippen molar-refractivity contribution in [1.82, 2.24) is 25.3 Å². The van der Waals surface area contributed by atoms with E-state index in [9.17, 15) is 22.4 Å². The van der Waals surface area contributed by atoms with Gasteiger partial charge in [0.2, 0.25) is 11.8 Å². The number of fused-ring (bicyclic) bond motifs is 2. The number of carbonyl (C=O) groups excluding carboxylic acids is 1. The number of nitrogens with one attached hydrogen (secondary N) is 1. The number of hydrogen-bond donors (Lipinski definition) is 1. The molecule has 2 amide bonds. The van der Waals surface area contributed by atoms with Crippen molar-refractivity contribution in [3.8, 4) is 11.3 Å². The average molecular weight is 476 g/mol. The molecule has 1 aliphatic heterocycles. The summed E-state index contributed by atoms with van der Waals surface area (Å²) in [5.41, 5.74) is -2.93. The lowest BCUT2D eigenvalue weighted by atomic mass is 9.64. The Kier molecular flexibility index (Phi) is 5.06. The van der Waals surface area contributed by atoms with Crippen molar-refractivity contribution in [2.24, 2.45) is 5.92 Å². The van der Waals surface area contributed by atoms with Gasteiger partial charge in [-0.05, 0) is 43.0 Å². The number of halogens is 4. The van der Waals surface area contributed by atoms with Gasteiger partial charge in [-0.15, -0.1) is 10.2 Å². The van der Waals surface area contributed by atoms with Crippen LogP contribution in [0.3, 0.4) is 0 Å². The highest BCUT2D eigenvalue weighted by Crippen LogP contribution is 2.55. The second-order valence-corrected chi connectivity index (χ2v) is 8.85. The number of likely N-dealkylation sites (tertiary alicyclic amines) is 1. The van der Waals surface area contributed by atoms with Crippen LogP contribution in [0.5, 0.6) is 0 Å². The number of anilines is 1. The predicted octanol–water partition coefficient (Wildman–Crippen LogP) is 4.92. The number of urea groups is 1. The molecule has 178 valence electrons. The molecule has 3 atom stereocenters. The summed E-state index contributed by atoms with van der Waals surface area (Å²) in [6.07, 6.45) is -1.58. The Bertz CT molecular complexity index is 1250. The van der Waals surface area contributed by atoms with E-state index in [0.717, 1.165) is 12.5 Å². The Morgan fingerprint density at radius 1 is 1.24 bits per heavy atom. The third-order valence-electron chi connectivity index (χ3n) is 6.41. The van der Waals surface area contributed by atoms with E-state index in [1.807, 2.05) is 0 Å². The third-order valence-corrected chi connectivity index (χ3v) is 6.41. The van der Waals surface area contributed by atoms with E-state index in [1.54, 1.807) is 11.8 Å². The number of alkyl halides is 3. The summed E-state index contributed by atoms with van der Waals surface area (Å²) in [4.78, 5) is 14.8. The Morgan fingerprint density at radius 3 is 2.68 bits per heavy atom. The second-order valence-electron chi connectivity index (χ2n) is 8.85. The minimum absolute atomic E-state index is 0.0993. The summed E-state index contributed by atoms with van der Waals surface area (Å²) in [6, 6.07) is 3.26. The molecule has 0 radical (unpaired) electrons. The normalized spacial score (nSPS) is 24.0. The lowest BCUT2D eigenvalue weighted by molar-refractivity contribution is -0.137. The van der Waals surface area contributed by atoms with Crippen LogP contribution in [-0.4, -0.2) is 37.4 Å². The molecule has 3 aromatic rings. The Labute approximate surface area is 191 Å². The Balaban J connectivity index is 1.50. The maximum atomic E-state index is 14.8. The molecule has 2 aromatic heterocycles. The molecule has 1 N–H and O–H groups in total. The van der Waals surface area contributed by atoms with E-state index >= 15 is 0 Å². The van der Waals surface area contributed by atoms with Gasteiger partial charge in [0.1, 0.15) is 11.4 Å². The van der Waals surface area contributed by atoms with Gasteiger partial charge in [-0.2, -0.15) is 23.4 Å². The zero-order valence-electron chi connectivity index (χ0n) is 18.2. The number of rotatable bonds is 3. The summed E-state index contributed by atoms with van der Waals surface area (Å²) in [5, 5.41) is 17.8. The van der Waals surface area contributed by atoms with Gasteiger partial charge in [-0.3, -0.25) is 0 Å². The number of benzene rings is 1. The van der Waals surface area contributed by atoms with Crippen LogP contribution in [0.15, 0.2) is 34.9 Å². The zero-order valence-corrected chi connectivity index (χ0v) is 18.2. The minimum atomic E-state index is -4.83. The number of nitrogens with zero attached hydrogens (tertiary/aromatic N) is 5. The molecule has 2 fully saturated rings. The number of hydrogen-bond acceptors (Lipinski definition) is 6. The largest absolute Gasteiger partial charge is 0.423 e. The zero-order chi connectivity index (χ0) is 24.3. The van der Waals surface area contributed by atoms with Crippen molar-refractivity contribution in [2.45, 2.75) is 50.9 Å². The average Bonchev–Trinajstić information content (AvgIpc) is 3.21. The molecule has 12 heteroatoms. The van der Waals surface area contributed by atoms with Gasteiger partial charge in [0, 0.05) is 31.1 Å². The number of amides is 2. The molecule has 2 aliphatic rings. The third kappa shape index (κ3) is 3.57. The van der Waals surface area contributed by atoms with Crippen LogP contribution < -0.4 is 5.32 Å². The van der Waals surface area contributed by atoms with Gasteiger partial charge in [-0.25, -0.2) is 9.18 Å². The number of carbonyl (C=O) groups is 1. The monoisotopic (exact) mass is 476 g/mol. The minimum Gasteiger partial charge on any atom is -0.423 e. The first-order valence-corrected chi connectivity index (χ1v) is 10.7. The highest BCUT2D eigenvalue weighted by atomic mass is 19.4. The quantitative estimate of drug-likeness (QED) is 0.539. The fourth-order valence-electron chi connectivity index (χ4n) is 5.17. The van der Waals surface area contributed by atoms with Crippen LogP contribution in [0.4, 0.5) is 28.0 Å². The van der Waals surface area contributed by atoms with E-state index in [0.29, 0.717) is 36.6 Å². The summed E-state index contributed by atoms with van der Waals surface area (Å²) >= 11 is 0. The van der Waals surface area contributed by atoms with E-state index in [2.05, 4.69) is 32.6 Å². The molecule has 1 aromatic carbocycles. The Hall–Kier alpha value is -3.57. The fourth-order valence-corrected chi connectivity index (χ4v) is 5.17. The van der Waals surface area contributed by atoms with Crippen LogP contribution in [0.2, 0.25) is 0 Å². The number of piperidine rings is 1. The molecular formula is C22H20F4N6O2. The first-order chi connectivity index (χ1) is 16.1. The van der Waals surface area contributed by atoms with Crippen molar-refractivity contribution in [1.29, 1.82) is 0 Å². The molecule has 1 saturated heterocycles. The number of aryl methyl sites for hydroxylation is 1. The Morgan fingerprint density at radius 2 is 2.03 bits per heavy atom. The van der Waals surface area contributed by atoms with Gasteiger partial charge < -0.3 is 14.6 Å². The van der Waals surface area contributed by atoms with Crippen LogP contribution in [0.25, 0.3) is 11.3 Å². The number of aromatic nitrogens is 4. The first-order valence-electron chi connectivity index (χ1n) is 10.7. The molecule has 1 aliphatic carbocycles. The highest BCUT2D eigenvalue weighted by molar-refractivity contribution is 5.92. The van der Waals surface area contributed by atoms with E-state index in [4.69, 9.17) is 4.42 Å². The molecule has 34 heavy (non-hydrogen) atoms. The van der Waals surface area contributed by atoms with Crippen molar-refractivity contribution in [2.75, 3.05) is 5.32 Å². The topological polar surface area (TPSA) is 97.0 Å². The SMILES string of the molecule is Cc1nnc([C@]23C[C@H](C)C[C@H](C2)N3C(=O)Nc2cc(-c3cccnn3)c(C(F)(F)F)cc2F)o1. The molecular weight excluding hydrogens is 456 g/mol. The van der Waals surface area contributed by atoms with Crippen molar-refractivity contribution < 1.29 is 26.8 Å². The molecule has 0 spiro atoms. The highest BCUT2D eigenvalue weighted by Gasteiger charge is 2.62. The van der Waals surface area contributed by atoms with Gasteiger partial charge in [-0.1, -0.05) is 6.92 Å². The van der Waals surface area contributed by atoms with Gasteiger partial charge in [0.05, 0.1) is 16.9 Å². The van der Waals surface area contributed by atoms with Gasteiger partial charge in [0.15, 0.2) is 0 Å². The van der Waals surface area contributed by atoms with Crippen LogP contribution in [0, 0.1) is 18.7 Å². The summed E-state index contributed by atoms with van der Waals surface area (Å²) in [7, 11) is 0. The molecule has 1 saturated carbocycles. The van der Waals surface area contributed by atoms with Crippen molar-refractivity contribution >= 4 is 11.7 Å².